The van der Waals surface area contributed by atoms with Crippen LogP contribution in [-0.4, -0.2) is 177 Å². The number of fused-ring (bicyclic) bond motifs is 1. The van der Waals surface area contributed by atoms with Gasteiger partial charge in [-0.3, -0.25) is 9.13 Å². The third-order valence-electron chi connectivity index (χ3n) is 8.71. The first-order valence-electron chi connectivity index (χ1n) is 18.9. The number of halogens is 2. The van der Waals surface area contributed by atoms with Crippen LogP contribution >= 0.6 is 15.6 Å². The van der Waals surface area contributed by atoms with Gasteiger partial charge >= 0.3 is 0 Å². The van der Waals surface area contributed by atoms with Crippen LogP contribution in [0.5, 0.6) is 0 Å². The predicted molar refractivity (Wildman–Crippen MR) is 198 cm³/mol. The first kappa shape index (κ1) is 52.3. The van der Waals surface area contributed by atoms with Crippen molar-refractivity contribution >= 4 is 47.0 Å². The Morgan fingerprint density at radius 2 is 1.26 bits per heavy atom. The summed E-state index contributed by atoms with van der Waals surface area (Å²) in [6, 6.07) is -3.63. The van der Waals surface area contributed by atoms with Crippen LogP contribution < -0.4 is 9.79 Å². The number of alkyl halides is 2. The highest BCUT2D eigenvalue weighted by Crippen LogP contribution is 2.53. The highest BCUT2D eigenvalue weighted by molar-refractivity contribution is 7.46. The summed E-state index contributed by atoms with van der Waals surface area (Å²) >= 11 is 0. The number of phosphoric ester groups is 2. The highest BCUT2D eigenvalue weighted by Gasteiger charge is 2.53. The predicted octanol–water partition coefficient (Wildman–Crippen LogP) is -0.180. The SMILES string of the molecule is [B][C@@H]1O[C@H](COC(C)C)C(OP(=O)([O-])OC[C@@]2(F)O[C@@H]([B])CC2OC(C)C)[C@@H]1O.[B][C@@H]1O[C@H](COC(C)C)C2OP(=O)([O-])O[C@@H]21.[B][C@H]1CC(OC(C)C)[C@@](F)(CO)O1. The molecule has 0 bridgehead atoms. The molecule has 0 aromatic carbocycles. The van der Waals surface area contributed by atoms with Crippen LogP contribution in [0, 0.1) is 0 Å². The molecule has 6 unspecified atom stereocenters. The van der Waals surface area contributed by atoms with Crippen molar-refractivity contribution in [1.82, 2.24) is 0 Å². The molecular formula is C32H54B4F2O18P2-2. The number of hydrogen-bond donors (Lipinski definition) is 2. The number of ether oxygens (including phenoxy) is 8. The van der Waals surface area contributed by atoms with E-state index >= 15 is 4.39 Å². The number of hydrogen-bond acceptors (Lipinski definition) is 18. The van der Waals surface area contributed by atoms with Crippen LogP contribution in [0.25, 0.3) is 0 Å². The lowest BCUT2D eigenvalue weighted by atomic mass is 9.93. The monoisotopic (exact) mass is 870 g/mol. The molecule has 58 heavy (non-hydrogen) atoms. The van der Waals surface area contributed by atoms with E-state index in [4.69, 9.17) is 88.0 Å². The quantitative estimate of drug-likeness (QED) is 0.151. The van der Waals surface area contributed by atoms with Crippen molar-refractivity contribution in [3.63, 3.8) is 0 Å². The molecule has 8 radical (unpaired) electrons. The summed E-state index contributed by atoms with van der Waals surface area (Å²) < 4.78 is 113. The Labute approximate surface area is 344 Å². The van der Waals surface area contributed by atoms with Gasteiger partial charge in [0.05, 0.1) is 37.6 Å². The summed E-state index contributed by atoms with van der Waals surface area (Å²) in [5.41, 5.74) is 0. The van der Waals surface area contributed by atoms with Crippen LogP contribution in [0.2, 0.25) is 0 Å². The second-order valence-electron chi connectivity index (χ2n) is 15.3. The van der Waals surface area contributed by atoms with Gasteiger partial charge in [0.25, 0.3) is 27.4 Å². The molecule has 5 fully saturated rings. The van der Waals surface area contributed by atoms with Crippen LogP contribution in [0.3, 0.4) is 0 Å². The van der Waals surface area contributed by atoms with Crippen molar-refractivity contribution in [3.05, 3.63) is 0 Å². The van der Waals surface area contributed by atoms with Gasteiger partial charge in [0, 0.05) is 24.0 Å². The average molecular weight is 870 g/mol. The van der Waals surface area contributed by atoms with Gasteiger partial charge in [-0.05, 0) is 68.2 Å². The van der Waals surface area contributed by atoms with Gasteiger partial charge in [-0.25, -0.2) is 8.78 Å². The first-order valence-corrected chi connectivity index (χ1v) is 21.8. The van der Waals surface area contributed by atoms with E-state index in [1.807, 2.05) is 13.8 Å². The number of rotatable bonds is 16. The summed E-state index contributed by atoms with van der Waals surface area (Å²) in [4.78, 5) is 23.4. The molecule has 0 aromatic rings. The third-order valence-corrected chi connectivity index (χ3v) is 10.7. The molecular weight excluding hydrogens is 816 g/mol. The van der Waals surface area contributed by atoms with Crippen molar-refractivity contribution in [2.45, 2.75) is 177 Å². The van der Waals surface area contributed by atoms with E-state index in [2.05, 4.69) is 4.52 Å². The van der Waals surface area contributed by atoms with Gasteiger partial charge in [0.2, 0.25) is 0 Å². The Balaban J connectivity index is 0.000000259. The summed E-state index contributed by atoms with van der Waals surface area (Å²) in [5.74, 6) is -4.71. The van der Waals surface area contributed by atoms with E-state index in [0.29, 0.717) is 0 Å². The minimum atomic E-state index is -5.08. The molecule has 0 aromatic heterocycles. The van der Waals surface area contributed by atoms with Crippen LogP contribution in [0.15, 0.2) is 0 Å². The molecule has 0 amide bonds. The minimum absolute atomic E-state index is 0.0280. The fraction of sp³-hybridized carbons (Fsp3) is 1.00. The lowest BCUT2D eigenvalue weighted by Crippen LogP contribution is -2.43. The van der Waals surface area contributed by atoms with Gasteiger partial charge in [-0.15, -0.1) is 0 Å². The summed E-state index contributed by atoms with van der Waals surface area (Å²) in [6.07, 6.45) is -7.92. The molecule has 5 heterocycles. The molecule has 5 aliphatic rings. The third kappa shape index (κ3) is 15.3. The van der Waals surface area contributed by atoms with Gasteiger partial charge < -0.3 is 76.0 Å². The zero-order valence-corrected chi connectivity index (χ0v) is 35.7. The topological polar surface area (TPSA) is 231 Å². The molecule has 26 heteroatoms. The standard InChI is InChI=1S/C16H28B2FO9P.C8H14BFO3.C8H14BO6P/c1-8(2)23-6-10-14(13(20)15(18)26-10)28-29(21,22)24-7-16(19)11(25-9(3)4)5-12(17)27-16;1-5(2)12-6-3-7(9)13-8(6,10)4-11;1-4(2)12-3-5-6-7(8(9)13-5)15-16(10,11)14-6/h8-15,20H,5-7H2,1-4H3,(H,21,22);5-7,11H,3-4H2,1-2H3;4-8H,3H2,1-2H3,(H,10,11)/p-2/t10-,11?,12-,13+,14?,15-,16-;6?,7-,8-;5-,6?,7+,8-/m111/s1. The Hall–Kier alpha value is -0.0603. The van der Waals surface area contributed by atoms with Crippen LogP contribution in [-0.2, 0) is 65.1 Å². The maximum Gasteiger partial charge on any atom is 0.268 e. The lowest BCUT2D eigenvalue weighted by molar-refractivity contribution is -0.252. The van der Waals surface area contributed by atoms with Gasteiger partial charge in [-0.1, -0.05) is 0 Å². The zero-order chi connectivity index (χ0) is 44.0. The van der Waals surface area contributed by atoms with E-state index in [9.17, 15) is 28.4 Å². The zero-order valence-electron chi connectivity index (χ0n) is 33.9. The maximum absolute atomic E-state index is 15.1. The number of aliphatic hydroxyl groups excluding tert-OH is 2. The number of aliphatic hydroxyl groups is 2. The van der Waals surface area contributed by atoms with E-state index in [-0.39, 0.29) is 50.5 Å². The molecule has 328 valence electrons. The molecule has 5 aliphatic heterocycles. The molecule has 5 saturated heterocycles. The average Bonchev–Trinajstić information content (AvgIpc) is 3.82. The molecule has 5 rings (SSSR count). The fourth-order valence-electron chi connectivity index (χ4n) is 6.18. The highest BCUT2D eigenvalue weighted by atomic mass is 31.2. The van der Waals surface area contributed by atoms with Crippen molar-refractivity contribution in [3.8, 4) is 0 Å². The van der Waals surface area contributed by atoms with E-state index < -0.39 is 113 Å². The van der Waals surface area contributed by atoms with Crippen LogP contribution in [0.1, 0.15) is 68.2 Å². The summed E-state index contributed by atoms with van der Waals surface area (Å²) in [5, 5.41) is 18.9. The Morgan fingerprint density at radius 1 is 0.793 bits per heavy atom. The molecule has 0 saturated carbocycles. The van der Waals surface area contributed by atoms with Crippen LogP contribution in [0.4, 0.5) is 8.78 Å². The van der Waals surface area contributed by atoms with E-state index in [1.165, 1.54) is 0 Å². The van der Waals surface area contributed by atoms with Gasteiger partial charge in [0.1, 0.15) is 93.4 Å². The maximum atomic E-state index is 15.1. The molecule has 2 N–H and O–H groups in total. The Bertz CT molecular complexity index is 1370. The molecule has 0 spiro atoms. The molecule has 0 aliphatic carbocycles. The second-order valence-corrected chi connectivity index (χ2v) is 18.0. The minimum Gasteiger partial charge on any atom is -0.756 e. The lowest BCUT2D eigenvalue weighted by Gasteiger charge is -2.33. The van der Waals surface area contributed by atoms with Crippen molar-refractivity contribution < 1.29 is 93.9 Å². The Kier molecular flexibility index (Phi) is 19.9. The summed E-state index contributed by atoms with van der Waals surface area (Å²) in [7, 11) is 12.9. The van der Waals surface area contributed by atoms with Gasteiger partial charge in [0.15, 0.2) is 0 Å². The van der Waals surface area contributed by atoms with Crippen molar-refractivity contribution in [2.24, 2.45) is 0 Å². The number of phosphoric acid groups is 2. The second kappa shape index (κ2) is 22.0. The normalized spacial score (nSPS) is 42.1. The Morgan fingerprint density at radius 3 is 1.76 bits per heavy atom. The van der Waals surface area contributed by atoms with Crippen molar-refractivity contribution in [1.29, 1.82) is 0 Å². The van der Waals surface area contributed by atoms with E-state index in [1.54, 1.807) is 41.5 Å². The van der Waals surface area contributed by atoms with Gasteiger partial charge in [-0.2, -0.15) is 0 Å². The summed E-state index contributed by atoms with van der Waals surface area (Å²) in [6.45, 7) is 12.7. The van der Waals surface area contributed by atoms with E-state index in [0.717, 1.165) is 0 Å². The fourth-order valence-corrected chi connectivity index (χ4v) is 8.27. The van der Waals surface area contributed by atoms with Crippen molar-refractivity contribution in [2.75, 3.05) is 26.4 Å². The smallest absolute Gasteiger partial charge is 0.268 e. The first-order chi connectivity index (χ1) is 26.7. The molecule has 18 nitrogen and oxygen atoms in total. The largest absolute Gasteiger partial charge is 0.756 e. The molecule has 16 atom stereocenters.